The summed E-state index contributed by atoms with van der Waals surface area (Å²) in [6.07, 6.45) is 1.09. The van der Waals surface area contributed by atoms with Crippen LogP contribution in [0.4, 0.5) is 10.5 Å². The lowest BCUT2D eigenvalue weighted by atomic mass is 9.98. The third-order valence-electron chi connectivity index (χ3n) is 3.26. The van der Waals surface area contributed by atoms with Crippen LogP contribution >= 0.6 is 11.6 Å². The van der Waals surface area contributed by atoms with Crippen molar-refractivity contribution in [2.45, 2.75) is 26.7 Å². The van der Waals surface area contributed by atoms with Crippen LogP contribution in [0.15, 0.2) is 18.2 Å². The molecular weight excluding hydrogens is 280 g/mol. The number of urea groups is 1. The third kappa shape index (κ3) is 2.54. The maximum absolute atomic E-state index is 12.4. The number of hydrogen-bond donors (Lipinski definition) is 1. The van der Waals surface area contributed by atoms with Gasteiger partial charge in [0, 0.05) is 5.02 Å². The molecule has 0 bridgehead atoms. The van der Waals surface area contributed by atoms with Crippen LogP contribution in [0.1, 0.15) is 25.3 Å². The first-order valence-electron chi connectivity index (χ1n) is 6.40. The van der Waals surface area contributed by atoms with Crippen molar-refractivity contribution in [2.75, 3.05) is 4.90 Å². The molecule has 6 heteroatoms. The van der Waals surface area contributed by atoms with E-state index in [1.165, 1.54) is 0 Å². The number of amides is 4. The molecule has 0 aliphatic carbocycles. The van der Waals surface area contributed by atoms with E-state index >= 15 is 0 Å². The fourth-order valence-electron chi connectivity index (χ4n) is 2.21. The number of anilines is 1. The number of nitrogens with zero attached hydrogens (tertiary/aromatic N) is 1. The molecule has 1 N–H and O–H groups in total. The number of benzene rings is 1. The Balaban J connectivity index is 2.43. The SMILES string of the molecule is CCCC1C(=O)NC(=O)N(c2cc(Cl)ccc2C)C1=O. The van der Waals surface area contributed by atoms with Gasteiger partial charge >= 0.3 is 6.03 Å². The summed E-state index contributed by atoms with van der Waals surface area (Å²) in [6.45, 7) is 3.66. The number of halogens is 1. The normalized spacial score (nSPS) is 19.2. The van der Waals surface area contributed by atoms with Gasteiger partial charge in [-0.3, -0.25) is 14.9 Å². The maximum atomic E-state index is 12.4. The first-order chi connectivity index (χ1) is 9.45. The summed E-state index contributed by atoms with van der Waals surface area (Å²) in [5.74, 6) is -1.85. The topological polar surface area (TPSA) is 66.5 Å². The molecule has 0 saturated carbocycles. The second-order valence-electron chi connectivity index (χ2n) is 4.74. The number of carbonyl (C=O) groups excluding carboxylic acids is 3. The standard InChI is InChI=1S/C14H15ClN2O3/c1-3-4-10-12(18)16-14(20)17(13(10)19)11-7-9(15)6-5-8(11)2/h5-7,10H,3-4H2,1-2H3,(H,16,18,20). The van der Waals surface area contributed by atoms with Gasteiger partial charge in [0.25, 0.3) is 0 Å². The van der Waals surface area contributed by atoms with E-state index in [9.17, 15) is 14.4 Å². The van der Waals surface area contributed by atoms with Gasteiger partial charge in [-0.1, -0.05) is 31.0 Å². The molecule has 1 aliphatic rings. The molecule has 0 radical (unpaired) electrons. The number of carbonyl (C=O) groups is 3. The van der Waals surface area contributed by atoms with Gasteiger partial charge in [-0.25, -0.2) is 9.69 Å². The van der Waals surface area contributed by atoms with Crippen molar-refractivity contribution in [3.05, 3.63) is 28.8 Å². The summed E-state index contributed by atoms with van der Waals surface area (Å²) in [7, 11) is 0. The Morgan fingerprint density at radius 2 is 2.00 bits per heavy atom. The summed E-state index contributed by atoms with van der Waals surface area (Å²) >= 11 is 5.92. The fourth-order valence-corrected chi connectivity index (χ4v) is 2.38. The minimum atomic E-state index is -0.823. The van der Waals surface area contributed by atoms with E-state index in [1.807, 2.05) is 6.92 Å². The van der Waals surface area contributed by atoms with Gasteiger partial charge in [0.15, 0.2) is 0 Å². The predicted molar refractivity (Wildman–Crippen MR) is 75.6 cm³/mol. The zero-order valence-corrected chi connectivity index (χ0v) is 12.0. The van der Waals surface area contributed by atoms with E-state index in [0.717, 1.165) is 10.5 Å². The Kier molecular flexibility index (Phi) is 4.09. The van der Waals surface area contributed by atoms with E-state index in [4.69, 9.17) is 11.6 Å². The van der Waals surface area contributed by atoms with Crippen molar-refractivity contribution in [1.82, 2.24) is 5.32 Å². The minimum Gasteiger partial charge on any atom is -0.277 e. The average Bonchev–Trinajstić information content (AvgIpc) is 2.38. The second kappa shape index (κ2) is 5.63. The molecule has 4 amide bonds. The molecule has 1 aromatic rings. The number of imide groups is 2. The van der Waals surface area contributed by atoms with Crippen LogP contribution < -0.4 is 10.2 Å². The third-order valence-corrected chi connectivity index (χ3v) is 3.49. The van der Waals surface area contributed by atoms with Gasteiger partial charge in [-0.15, -0.1) is 0 Å². The summed E-state index contributed by atoms with van der Waals surface area (Å²) in [6, 6.07) is 4.23. The van der Waals surface area contributed by atoms with Crippen LogP contribution in [0.2, 0.25) is 5.02 Å². The van der Waals surface area contributed by atoms with E-state index in [1.54, 1.807) is 25.1 Å². The first kappa shape index (κ1) is 14.5. The van der Waals surface area contributed by atoms with Crippen molar-refractivity contribution >= 4 is 35.1 Å². The van der Waals surface area contributed by atoms with Gasteiger partial charge in [-0.05, 0) is 31.0 Å². The molecule has 20 heavy (non-hydrogen) atoms. The van der Waals surface area contributed by atoms with Gasteiger partial charge in [-0.2, -0.15) is 0 Å². The Bertz CT molecular complexity index is 586. The first-order valence-corrected chi connectivity index (χ1v) is 6.78. The summed E-state index contributed by atoms with van der Waals surface area (Å²) in [5.41, 5.74) is 1.15. The van der Waals surface area contributed by atoms with E-state index in [2.05, 4.69) is 5.32 Å². The van der Waals surface area contributed by atoms with Crippen molar-refractivity contribution in [3.8, 4) is 0 Å². The number of rotatable bonds is 3. The highest BCUT2D eigenvalue weighted by molar-refractivity contribution is 6.32. The number of aryl methyl sites for hydroxylation is 1. The molecule has 2 rings (SSSR count). The zero-order chi connectivity index (χ0) is 14.9. The number of nitrogens with one attached hydrogen (secondary N) is 1. The van der Waals surface area contributed by atoms with Crippen molar-refractivity contribution < 1.29 is 14.4 Å². The smallest absolute Gasteiger partial charge is 0.277 e. The molecule has 1 aliphatic heterocycles. The average molecular weight is 295 g/mol. The molecule has 106 valence electrons. The second-order valence-corrected chi connectivity index (χ2v) is 5.18. The van der Waals surface area contributed by atoms with E-state index in [0.29, 0.717) is 23.6 Å². The number of barbiturate groups is 1. The highest BCUT2D eigenvalue weighted by Gasteiger charge is 2.41. The molecule has 5 nitrogen and oxygen atoms in total. The Labute approximate surface area is 121 Å². The fraction of sp³-hybridized carbons (Fsp3) is 0.357. The molecule has 1 heterocycles. The van der Waals surface area contributed by atoms with Crippen molar-refractivity contribution in [3.63, 3.8) is 0 Å². The highest BCUT2D eigenvalue weighted by Crippen LogP contribution is 2.28. The lowest BCUT2D eigenvalue weighted by Gasteiger charge is -2.31. The summed E-state index contributed by atoms with van der Waals surface area (Å²) < 4.78 is 0. The number of hydrogen-bond acceptors (Lipinski definition) is 3. The summed E-state index contributed by atoms with van der Waals surface area (Å²) in [5, 5.41) is 2.65. The zero-order valence-electron chi connectivity index (χ0n) is 11.3. The lowest BCUT2D eigenvalue weighted by molar-refractivity contribution is -0.134. The van der Waals surface area contributed by atoms with Crippen LogP contribution in [-0.4, -0.2) is 17.8 Å². The molecule has 1 unspecified atom stereocenters. The molecular formula is C14H15ClN2O3. The largest absolute Gasteiger partial charge is 0.335 e. The molecule has 1 atom stereocenters. The molecule has 1 saturated heterocycles. The molecule has 0 spiro atoms. The summed E-state index contributed by atoms with van der Waals surface area (Å²) in [4.78, 5) is 37.1. The van der Waals surface area contributed by atoms with Gasteiger partial charge in [0.05, 0.1) is 5.69 Å². The van der Waals surface area contributed by atoms with Crippen LogP contribution in [0.5, 0.6) is 0 Å². The lowest BCUT2D eigenvalue weighted by Crippen LogP contribution is -2.58. The van der Waals surface area contributed by atoms with Gasteiger partial charge in [0.2, 0.25) is 11.8 Å². The Morgan fingerprint density at radius 1 is 1.30 bits per heavy atom. The van der Waals surface area contributed by atoms with Crippen LogP contribution in [0, 0.1) is 12.8 Å². The molecule has 1 fully saturated rings. The van der Waals surface area contributed by atoms with Crippen LogP contribution in [0.3, 0.4) is 0 Å². The van der Waals surface area contributed by atoms with Crippen molar-refractivity contribution in [1.29, 1.82) is 0 Å². The Hall–Kier alpha value is -1.88. The van der Waals surface area contributed by atoms with Gasteiger partial charge < -0.3 is 0 Å². The predicted octanol–water partition coefficient (Wildman–Crippen LogP) is 2.65. The van der Waals surface area contributed by atoms with Gasteiger partial charge in [0.1, 0.15) is 5.92 Å². The van der Waals surface area contributed by atoms with E-state index in [-0.39, 0.29) is 0 Å². The monoisotopic (exact) mass is 294 g/mol. The maximum Gasteiger partial charge on any atom is 0.335 e. The molecule has 0 aromatic heterocycles. The van der Waals surface area contributed by atoms with Crippen LogP contribution in [-0.2, 0) is 9.59 Å². The minimum absolute atomic E-state index is 0.411. The Morgan fingerprint density at radius 3 is 2.65 bits per heavy atom. The molecule has 1 aromatic carbocycles. The van der Waals surface area contributed by atoms with Crippen LogP contribution in [0.25, 0.3) is 0 Å². The van der Waals surface area contributed by atoms with E-state index < -0.39 is 23.8 Å². The quantitative estimate of drug-likeness (QED) is 0.872. The van der Waals surface area contributed by atoms with Crippen molar-refractivity contribution in [2.24, 2.45) is 5.92 Å². The highest BCUT2D eigenvalue weighted by atomic mass is 35.5.